The molecule has 142 valence electrons. The summed E-state index contributed by atoms with van der Waals surface area (Å²) in [4.78, 5) is 17.5. The molecule has 0 saturated heterocycles. The van der Waals surface area contributed by atoms with Crippen LogP contribution in [0.4, 0.5) is 0 Å². The molecule has 4 atom stereocenters. The van der Waals surface area contributed by atoms with E-state index >= 15 is 0 Å². The molecule has 1 aliphatic heterocycles. The zero-order valence-electron chi connectivity index (χ0n) is 15.5. The van der Waals surface area contributed by atoms with Gasteiger partial charge in [-0.3, -0.25) is 4.79 Å². The van der Waals surface area contributed by atoms with Crippen LogP contribution in [0.25, 0.3) is 11.4 Å². The molecule has 2 bridgehead atoms. The van der Waals surface area contributed by atoms with Crippen LogP contribution < -0.4 is 14.8 Å². The minimum absolute atomic E-state index is 0.0118. The average Bonchev–Trinajstić information content (AvgIpc) is 3.42. The topological polar surface area (TPSA) is 86.5 Å². The largest absolute Gasteiger partial charge is 0.454 e. The molecule has 0 spiro atoms. The number of benzene rings is 1. The first-order valence-electron chi connectivity index (χ1n) is 9.64. The van der Waals surface area contributed by atoms with Gasteiger partial charge < -0.3 is 19.3 Å². The lowest BCUT2D eigenvalue weighted by molar-refractivity contribution is -0.128. The molecule has 2 fully saturated rings. The van der Waals surface area contributed by atoms with Crippen LogP contribution in [0.1, 0.15) is 44.9 Å². The van der Waals surface area contributed by atoms with Gasteiger partial charge in [0.1, 0.15) is 0 Å². The number of hydrogen-bond acceptors (Lipinski definition) is 6. The molecule has 7 nitrogen and oxygen atoms in total. The van der Waals surface area contributed by atoms with Crippen molar-refractivity contribution in [1.29, 1.82) is 0 Å². The summed E-state index contributed by atoms with van der Waals surface area (Å²) in [5.74, 6) is 3.43. The summed E-state index contributed by atoms with van der Waals surface area (Å²) in [6.45, 7) is 4.21. The van der Waals surface area contributed by atoms with Gasteiger partial charge in [0, 0.05) is 11.6 Å². The highest BCUT2D eigenvalue weighted by Crippen LogP contribution is 2.56. The predicted octanol–water partition coefficient (Wildman–Crippen LogP) is 3.12. The van der Waals surface area contributed by atoms with Crippen LogP contribution in [0.5, 0.6) is 11.5 Å². The van der Waals surface area contributed by atoms with Crippen molar-refractivity contribution in [2.75, 3.05) is 6.79 Å². The summed E-state index contributed by atoms with van der Waals surface area (Å²) in [6, 6.07) is 5.74. The van der Waals surface area contributed by atoms with E-state index in [9.17, 15) is 4.79 Å². The van der Waals surface area contributed by atoms with Crippen LogP contribution in [-0.4, -0.2) is 28.9 Å². The molecule has 1 amide bonds. The third-order valence-corrected chi connectivity index (χ3v) is 6.01. The lowest BCUT2D eigenvalue weighted by Crippen LogP contribution is -2.40. The number of aromatic nitrogens is 2. The Hall–Kier alpha value is -2.57. The van der Waals surface area contributed by atoms with Crippen molar-refractivity contribution in [2.24, 2.45) is 17.8 Å². The Kier molecular flexibility index (Phi) is 3.84. The molecule has 5 rings (SSSR count). The molecule has 3 aliphatic rings. The predicted molar refractivity (Wildman–Crippen MR) is 96.2 cm³/mol. The van der Waals surface area contributed by atoms with Crippen molar-refractivity contribution in [3.8, 4) is 22.9 Å². The van der Waals surface area contributed by atoms with Gasteiger partial charge in [-0.1, -0.05) is 5.16 Å². The van der Waals surface area contributed by atoms with E-state index in [2.05, 4.69) is 15.5 Å². The summed E-state index contributed by atoms with van der Waals surface area (Å²) >= 11 is 0. The third-order valence-electron chi connectivity index (χ3n) is 6.01. The highest BCUT2D eigenvalue weighted by molar-refractivity contribution is 5.81. The molecule has 27 heavy (non-hydrogen) atoms. The van der Waals surface area contributed by atoms with Crippen molar-refractivity contribution >= 4 is 5.91 Å². The zero-order valence-corrected chi connectivity index (χ0v) is 15.5. The van der Waals surface area contributed by atoms with E-state index < -0.39 is 0 Å². The highest BCUT2D eigenvalue weighted by atomic mass is 16.7. The van der Waals surface area contributed by atoms with Crippen LogP contribution in [-0.2, 0) is 4.79 Å². The first-order valence-corrected chi connectivity index (χ1v) is 9.64. The molecule has 1 N–H and O–H groups in total. The summed E-state index contributed by atoms with van der Waals surface area (Å²) < 4.78 is 16.4. The van der Waals surface area contributed by atoms with Crippen molar-refractivity contribution in [1.82, 2.24) is 15.5 Å². The van der Waals surface area contributed by atoms with E-state index in [1.807, 2.05) is 32.0 Å². The van der Waals surface area contributed by atoms with E-state index in [4.69, 9.17) is 14.0 Å². The van der Waals surface area contributed by atoms with Gasteiger partial charge in [0.2, 0.25) is 24.4 Å². The Labute approximate surface area is 157 Å². The van der Waals surface area contributed by atoms with Gasteiger partial charge in [0.25, 0.3) is 0 Å². The molecule has 2 saturated carbocycles. The smallest absolute Gasteiger partial charge is 0.231 e. The Morgan fingerprint density at radius 1 is 1.19 bits per heavy atom. The second-order valence-corrected chi connectivity index (χ2v) is 8.07. The number of rotatable bonds is 4. The van der Waals surface area contributed by atoms with Crippen LogP contribution in [0.15, 0.2) is 22.7 Å². The van der Waals surface area contributed by atoms with E-state index in [1.54, 1.807) is 0 Å². The number of nitrogens with one attached hydrogen (secondary N) is 1. The summed E-state index contributed by atoms with van der Waals surface area (Å²) in [5.41, 5.74) is 0.820. The van der Waals surface area contributed by atoms with E-state index in [-0.39, 0.29) is 30.6 Å². The highest BCUT2D eigenvalue weighted by Gasteiger charge is 2.53. The van der Waals surface area contributed by atoms with E-state index in [0.29, 0.717) is 29.3 Å². The molecule has 0 unspecified atom stereocenters. The van der Waals surface area contributed by atoms with E-state index in [1.165, 1.54) is 0 Å². The lowest BCUT2D eigenvalue weighted by atomic mass is 9.78. The number of fused-ring (bicyclic) bond motifs is 3. The van der Waals surface area contributed by atoms with Gasteiger partial charge in [-0.05, 0) is 63.1 Å². The van der Waals surface area contributed by atoms with Crippen molar-refractivity contribution in [3.05, 3.63) is 24.1 Å². The Balaban J connectivity index is 1.43. The quantitative estimate of drug-likeness (QED) is 0.891. The molecular weight excluding hydrogens is 346 g/mol. The number of carbonyl (C=O) groups is 1. The van der Waals surface area contributed by atoms with Gasteiger partial charge in [-0.15, -0.1) is 0 Å². The van der Waals surface area contributed by atoms with Gasteiger partial charge in [-0.25, -0.2) is 0 Å². The Bertz CT molecular complexity index is 878. The molecule has 0 radical (unpaired) electrons. The summed E-state index contributed by atoms with van der Waals surface area (Å²) in [7, 11) is 0. The maximum atomic E-state index is 12.8. The van der Waals surface area contributed by atoms with E-state index in [0.717, 1.165) is 30.6 Å². The maximum absolute atomic E-state index is 12.8. The number of amides is 1. The molecule has 1 aromatic carbocycles. The maximum Gasteiger partial charge on any atom is 0.231 e. The summed E-state index contributed by atoms with van der Waals surface area (Å²) in [6.07, 6.45) is 3.31. The fraction of sp³-hybridized carbons (Fsp3) is 0.550. The molecule has 1 aromatic heterocycles. The molecular formula is C20H23N3O4. The second kappa shape index (κ2) is 6.25. The monoisotopic (exact) mass is 369 g/mol. The van der Waals surface area contributed by atoms with Gasteiger partial charge >= 0.3 is 0 Å². The number of ether oxygens (including phenoxy) is 2. The summed E-state index contributed by atoms with van der Waals surface area (Å²) in [5, 5.41) is 7.26. The number of hydrogen-bond donors (Lipinski definition) is 1. The normalized spacial score (nSPS) is 28.1. The van der Waals surface area contributed by atoms with Crippen LogP contribution in [0, 0.1) is 17.8 Å². The first kappa shape index (κ1) is 16.6. The Morgan fingerprint density at radius 2 is 2.00 bits per heavy atom. The zero-order chi connectivity index (χ0) is 18.5. The number of carbonyl (C=O) groups excluding carboxylic acids is 1. The second-order valence-electron chi connectivity index (χ2n) is 8.07. The third kappa shape index (κ3) is 2.76. The lowest BCUT2D eigenvalue weighted by Gasteiger charge is -2.28. The standard InChI is InChI=1S/C20H23N3O4/c1-10(2)21-19(24)16-11-3-4-12(7-11)17(16)20-22-18(23-27-20)13-5-6-14-15(8-13)26-9-25-14/h5-6,8,10-12,16-17H,3-4,7,9H2,1-2H3,(H,21,24)/t11-,12+,16-,17-/m0/s1. The fourth-order valence-corrected chi connectivity index (χ4v) is 4.93. The van der Waals surface area contributed by atoms with Crippen LogP contribution >= 0.6 is 0 Å². The van der Waals surface area contributed by atoms with Crippen molar-refractivity contribution in [2.45, 2.75) is 45.1 Å². The Morgan fingerprint density at radius 3 is 2.85 bits per heavy atom. The van der Waals surface area contributed by atoms with Gasteiger partial charge in [-0.2, -0.15) is 4.98 Å². The molecule has 2 aromatic rings. The minimum Gasteiger partial charge on any atom is -0.454 e. The van der Waals surface area contributed by atoms with Crippen LogP contribution in [0.3, 0.4) is 0 Å². The SMILES string of the molecule is CC(C)NC(=O)[C@H]1[C@H]2CC[C@H](C2)[C@@H]1c1nc(-c2ccc3c(c2)OCO3)no1. The van der Waals surface area contributed by atoms with Gasteiger partial charge in [0.05, 0.1) is 11.8 Å². The van der Waals surface area contributed by atoms with Crippen LogP contribution in [0.2, 0.25) is 0 Å². The number of nitrogens with zero attached hydrogens (tertiary/aromatic N) is 2. The molecule has 7 heteroatoms. The van der Waals surface area contributed by atoms with Crippen molar-refractivity contribution in [3.63, 3.8) is 0 Å². The average molecular weight is 369 g/mol. The first-order chi connectivity index (χ1) is 13.1. The van der Waals surface area contributed by atoms with Crippen molar-refractivity contribution < 1.29 is 18.8 Å². The van der Waals surface area contributed by atoms with Gasteiger partial charge in [0.15, 0.2) is 11.5 Å². The fourth-order valence-electron chi connectivity index (χ4n) is 4.93. The minimum atomic E-state index is -0.0730. The molecule has 2 heterocycles. The molecule has 2 aliphatic carbocycles.